The van der Waals surface area contributed by atoms with Crippen LogP contribution in [-0.4, -0.2) is 66.7 Å². The number of benzene rings is 1. The number of carbonyl (C=O) groups excluding carboxylic acids is 2. The number of nitrogens with one attached hydrogen (secondary N) is 1. The van der Waals surface area contributed by atoms with E-state index < -0.39 is 0 Å². The van der Waals surface area contributed by atoms with Crippen LogP contribution < -0.4 is 10.1 Å². The fraction of sp³-hybridized carbons (Fsp3) is 0.538. The van der Waals surface area contributed by atoms with Crippen LogP contribution in [0.25, 0.3) is 0 Å². The van der Waals surface area contributed by atoms with E-state index in [1.165, 1.54) is 10.4 Å². The number of urea groups is 1. The summed E-state index contributed by atoms with van der Waals surface area (Å²) in [5.74, 6) is 0.725. The second-order valence-corrected chi connectivity index (χ2v) is 10.4. The second kappa shape index (κ2) is 11.2. The zero-order valence-corrected chi connectivity index (χ0v) is 21.1. The van der Waals surface area contributed by atoms with Crippen molar-refractivity contribution in [2.75, 3.05) is 32.8 Å². The van der Waals surface area contributed by atoms with E-state index in [4.69, 9.17) is 9.47 Å². The summed E-state index contributed by atoms with van der Waals surface area (Å²) in [5.41, 5.74) is 2.32. The smallest absolute Gasteiger partial charge is 0.318 e. The summed E-state index contributed by atoms with van der Waals surface area (Å²) >= 11 is 1.73. The van der Waals surface area contributed by atoms with E-state index in [1.807, 2.05) is 49.9 Å². The zero-order chi connectivity index (χ0) is 24.1. The van der Waals surface area contributed by atoms with Gasteiger partial charge in [0.1, 0.15) is 18.9 Å². The first-order valence-corrected chi connectivity index (χ1v) is 13.0. The highest BCUT2D eigenvalue weighted by Crippen LogP contribution is 2.34. The number of hydrogen-bond acceptors (Lipinski definition) is 5. The lowest BCUT2D eigenvalue weighted by Crippen LogP contribution is -2.52. The molecule has 0 bridgehead atoms. The number of fused-ring (bicyclic) bond motifs is 1. The van der Waals surface area contributed by atoms with Crippen LogP contribution >= 0.6 is 11.3 Å². The summed E-state index contributed by atoms with van der Waals surface area (Å²) in [6.07, 6.45) is 2.71. The van der Waals surface area contributed by atoms with Crippen molar-refractivity contribution in [2.24, 2.45) is 0 Å². The van der Waals surface area contributed by atoms with E-state index >= 15 is 0 Å². The van der Waals surface area contributed by atoms with Crippen LogP contribution in [0.2, 0.25) is 0 Å². The first-order chi connectivity index (χ1) is 16.4. The fourth-order valence-electron chi connectivity index (χ4n) is 4.53. The quantitative estimate of drug-likeness (QED) is 0.610. The minimum Gasteiger partial charge on any atom is -0.491 e. The molecule has 1 aromatic carbocycles. The summed E-state index contributed by atoms with van der Waals surface area (Å²) in [5, 5.41) is 5.02. The predicted octanol–water partition coefficient (Wildman–Crippen LogP) is 4.16. The van der Waals surface area contributed by atoms with Gasteiger partial charge in [-0.2, -0.15) is 0 Å². The maximum Gasteiger partial charge on any atom is 0.318 e. The number of thiophene rings is 1. The van der Waals surface area contributed by atoms with Gasteiger partial charge in [-0.3, -0.25) is 4.79 Å². The van der Waals surface area contributed by atoms with Crippen LogP contribution in [0.15, 0.2) is 35.7 Å². The maximum absolute atomic E-state index is 13.6. The van der Waals surface area contributed by atoms with Crippen LogP contribution in [0, 0.1) is 6.92 Å². The van der Waals surface area contributed by atoms with E-state index in [1.54, 1.807) is 16.2 Å². The third kappa shape index (κ3) is 6.10. The molecule has 8 heteroatoms. The lowest BCUT2D eigenvalue weighted by atomic mass is 10.0. The molecule has 2 atom stereocenters. The highest BCUT2D eigenvalue weighted by Gasteiger charge is 2.34. The highest BCUT2D eigenvalue weighted by atomic mass is 32.1. The molecule has 0 radical (unpaired) electrons. The molecule has 0 unspecified atom stereocenters. The Morgan fingerprint density at radius 1 is 1.26 bits per heavy atom. The van der Waals surface area contributed by atoms with Gasteiger partial charge in [0, 0.05) is 30.6 Å². The van der Waals surface area contributed by atoms with Crippen LogP contribution in [0.5, 0.6) is 5.75 Å². The van der Waals surface area contributed by atoms with Gasteiger partial charge in [-0.25, -0.2) is 4.79 Å². The van der Waals surface area contributed by atoms with E-state index in [0.29, 0.717) is 26.3 Å². The molecule has 1 N–H and O–H groups in total. The van der Waals surface area contributed by atoms with Crippen molar-refractivity contribution in [3.05, 3.63) is 51.7 Å². The fourth-order valence-corrected chi connectivity index (χ4v) is 5.46. The molecule has 0 spiro atoms. The third-order valence-corrected chi connectivity index (χ3v) is 7.31. The Morgan fingerprint density at radius 3 is 2.76 bits per heavy atom. The lowest BCUT2D eigenvalue weighted by Gasteiger charge is -2.37. The molecule has 1 saturated heterocycles. The Kier molecular flexibility index (Phi) is 8.11. The van der Waals surface area contributed by atoms with Gasteiger partial charge in [0.05, 0.1) is 12.1 Å². The van der Waals surface area contributed by atoms with E-state index in [2.05, 4.69) is 16.8 Å². The molecule has 2 aliphatic rings. The standard InChI is InChI=1S/C26H35N3O4S/c1-18(2)27-26(31)28(15-21-5-4-13-32-21)16-25(30)29-12-10-24-22(11-14-34-24)23(29)17-33-20-8-6-19(3)7-9-20/h6-9,11,14,18,21,23H,4-5,10,12-13,15-17H2,1-3H3,(H,27,31)/t21-,23+/m0/s1. The van der Waals surface area contributed by atoms with Crippen molar-refractivity contribution in [2.45, 2.75) is 58.2 Å². The number of carbonyl (C=O) groups is 2. The van der Waals surface area contributed by atoms with Crippen molar-refractivity contribution < 1.29 is 19.1 Å². The topological polar surface area (TPSA) is 71.1 Å². The van der Waals surface area contributed by atoms with E-state index in [-0.39, 0.29) is 36.7 Å². The van der Waals surface area contributed by atoms with Crippen molar-refractivity contribution in [1.29, 1.82) is 0 Å². The zero-order valence-electron chi connectivity index (χ0n) is 20.3. The summed E-state index contributed by atoms with van der Waals surface area (Å²) in [7, 11) is 0. The number of aryl methyl sites for hydroxylation is 1. The summed E-state index contributed by atoms with van der Waals surface area (Å²) < 4.78 is 11.9. The van der Waals surface area contributed by atoms with Gasteiger partial charge in [0.25, 0.3) is 0 Å². The first-order valence-electron chi connectivity index (χ1n) is 12.1. The van der Waals surface area contributed by atoms with Crippen LogP contribution in [0.1, 0.15) is 48.7 Å². The number of rotatable bonds is 8. The summed E-state index contributed by atoms with van der Waals surface area (Å²) in [6.45, 7) is 8.04. The second-order valence-electron chi connectivity index (χ2n) is 9.40. The van der Waals surface area contributed by atoms with Crippen LogP contribution in [0.4, 0.5) is 4.79 Å². The van der Waals surface area contributed by atoms with Crippen molar-refractivity contribution in [3.8, 4) is 5.75 Å². The van der Waals surface area contributed by atoms with Crippen LogP contribution in [0.3, 0.4) is 0 Å². The van der Waals surface area contributed by atoms with Crippen LogP contribution in [-0.2, 0) is 16.0 Å². The molecule has 2 aromatic rings. The number of ether oxygens (including phenoxy) is 2. The molecule has 7 nitrogen and oxygen atoms in total. The molecular formula is C26H35N3O4S. The normalized spacial score (nSPS) is 19.7. The molecule has 1 fully saturated rings. The SMILES string of the molecule is Cc1ccc(OC[C@@H]2c3ccsc3CCN2C(=O)CN(C[C@@H]2CCCO2)C(=O)NC(C)C)cc1. The molecule has 3 heterocycles. The minimum absolute atomic E-state index is 0.00592. The summed E-state index contributed by atoms with van der Waals surface area (Å²) in [4.78, 5) is 31.3. The first kappa shape index (κ1) is 24.5. The minimum atomic E-state index is -0.223. The number of amides is 3. The molecule has 3 amide bonds. The van der Waals surface area contributed by atoms with Gasteiger partial charge in [-0.05, 0) is 69.2 Å². The monoisotopic (exact) mass is 485 g/mol. The molecule has 4 rings (SSSR count). The summed E-state index contributed by atoms with van der Waals surface area (Å²) in [6, 6.07) is 9.64. The van der Waals surface area contributed by atoms with Gasteiger partial charge >= 0.3 is 6.03 Å². The van der Waals surface area contributed by atoms with Crippen molar-refractivity contribution in [1.82, 2.24) is 15.1 Å². The third-order valence-electron chi connectivity index (χ3n) is 6.32. The van der Waals surface area contributed by atoms with Crippen molar-refractivity contribution >= 4 is 23.3 Å². The van der Waals surface area contributed by atoms with Gasteiger partial charge < -0.3 is 24.6 Å². The maximum atomic E-state index is 13.6. The van der Waals surface area contributed by atoms with E-state index in [9.17, 15) is 9.59 Å². The predicted molar refractivity (Wildman–Crippen MR) is 133 cm³/mol. The van der Waals surface area contributed by atoms with Crippen molar-refractivity contribution in [3.63, 3.8) is 0 Å². The molecular weight excluding hydrogens is 450 g/mol. The number of hydrogen-bond donors (Lipinski definition) is 1. The highest BCUT2D eigenvalue weighted by molar-refractivity contribution is 7.10. The van der Waals surface area contributed by atoms with Gasteiger partial charge in [0.2, 0.25) is 5.91 Å². The average molecular weight is 486 g/mol. The molecule has 184 valence electrons. The molecule has 34 heavy (non-hydrogen) atoms. The molecule has 0 aliphatic carbocycles. The van der Waals surface area contributed by atoms with Gasteiger partial charge in [0.15, 0.2) is 0 Å². The average Bonchev–Trinajstić information content (AvgIpc) is 3.49. The Balaban J connectivity index is 1.48. The van der Waals surface area contributed by atoms with Gasteiger partial charge in [-0.1, -0.05) is 17.7 Å². The van der Waals surface area contributed by atoms with E-state index in [0.717, 1.165) is 30.6 Å². The Bertz CT molecular complexity index is 969. The molecule has 1 aromatic heterocycles. The molecule has 0 saturated carbocycles. The number of nitrogens with zero attached hydrogens (tertiary/aromatic N) is 2. The Hall–Kier alpha value is -2.58. The lowest BCUT2D eigenvalue weighted by molar-refractivity contribution is -0.135. The largest absolute Gasteiger partial charge is 0.491 e. The molecule has 2 aliphatic heterocycles. The Morgan fingerprint density at radius 2 is 2.06 bits per heavy atom. The Labute approximate surface area is 206 Å². The van der Waals surface area contributed by atoms with Gasteiger partial charge in [-0.15, -0.1) is 11.3 Å².